The maximum absolute atomic E-state index is 9.22. The molecule has 0 atom stereocenters. The summed E-state index contributed by atoms with van der Waals surface area (Å²) in [5.74, 6) is 1.33. The minimum absolute atomic E-state index is 0.808. The van der Waals surface area contributed by atoms with E-state index >= 15 is 0 Å². The van der Waals surface area contributed by atoms with Gasteiger partial charge in [0.1, 0.15) is 12.4 Å². The van der Waals surface area contributed by atoms with Crippen LogP contribution in [0.3, 0.4) is 0 Å². The summed E-state index contributed by atoms with van der Waals surface area (Å²) >= 11 is 0. The summed E-state index contributed by atoms with van der Waals surface area (Å²) in [5.41, 5.74) is 0. The van der Waals surface area contributed by atoms with E-state index in [1.807, 2.05) is 0 Å². The molecule has 1 heterocycles. The Morgan fingerprint density at radius 3 is 2.35 bits per heavy atom. The average molecular weight is 264 g/mol. The molecule has 0 fully saturated rings. The van der Waals surface area contributed by atoms with Crippen LogP contribution in [0.5, 0.6) is 0 Å². The van der Waals surface area contributed by atoms with Crippen LogP contribution in [0.1, 0.15) is 25.6 Å². The van der Waals surface area contributed by atoms with Crippen molar-refractivity contribution in [3.8, 4) is 0 Å². The van der Waals surface area contributed by atoms with Gasteiger partial charge in [-0.3, -0.25) is 4.18 Å². The molecule has 0 spiro atoms. The van der Waals surface area contributed by atoms with Crippen LogP contribution < -0.4 is 4.57 Å². The molecule has 0 unspecified atom stereocenters. The summed E-state index contributed by atoms with van der Waals surface area (Å²) in [5, 5.41) is 0. The maximum atomic E-state index is 9.22. The van der Waals surface area contributed by atoms with E-state index in [-0.39, 0.29) is 0 Å². The van der Waals surface area contributed by atoms with E-state index in [0.29, 0.717) is 0 Å². The predicted molar refractivity (Wildman–Crippen MR) is 62.0 cm³/mol. The molecule has 0 radical (unpaired) electrons. The highest BCUT2D eigenvalue weighted by molar-refractivity contribution is 7.80. The Morgan fingerprint density at radius 1 is 1.53 bits per heavy atom. The Labute approximate surface area is 103 Å². The van der Waals surface area contributed by atoms with Crippen molar-refractivity contribution in [2.45, 2.75) is 33.2 Å². The quantitative estimate of drug-likeness (QED) is 0.451. The molecule has 6 nitrogen and oxygen atoms in total. The van der Waals surface area contributed by atoms with E-state index in [2.05, 4.69) is 46.6 Å². The fraction of sp³-hybridized carbons (Fsp3) is 0.700. The van der Waals surface area contributed by atoms with Crippen LogP contribution in [0.4, 0.5) is 0 Å². The Bertz CT molecular complexity index is 426. The number of hydrogen-bond donors (Lipinski definition) is 0. The third kappa shape index (κ3) is 7.09. The highest BCUT2D eigenvalue weighted by Crippen LogP contribution is 1.96. The second-order valence-electron chi connectivity index (χ2n) is 3.58. The lowest BCUT2D eigenvalue weighted by Gasteiger charge is -1.98. The van der Waals surface area contributed by atoms with Crippen LogP contribution in [0.15, 0.2) is 12.4 Å². The highest BCUT2D eigenvalue weighted by atomic mass is 32.3. The van der Waals surface area contributed by atoms with Gasteiger partial charge in [-0.1, -0.05) is 13.3 Å². The van der Waals surface area contributed by atoms with Crippen molar-refractivity contribution in [2.24, 2.45) is 7.05 Å². The lowest BCUT2D eigenvalue weighted by Crippen LogP contribution is -2.29. The van der Waals surface area contributed by atoms with Crippen LogP contribution in [0.2, 0.25) is 0 Å². The third-order valence-corrected chi connectivity index (χ3v) is 2.76. The molecule has 0 amide bonds. The zero-order valence-electron chi connectivity index (χ0n) is 10.7. The molecule has 0 aromatic carbocycles. The molecular weight excluding hydrogens is 244 g/mol. The maximum Gasteiger partial charge on any atom is 0.253 e. The van der Waals surface area contributed by atoms with E-state index in [1.54, 1.807) is 0 Å². The second-order valence-corrected chi connectivity index (χ2v) is 4.73. The summed E-state index contributed by atoms with van der Waals surface area (Å²) in [4.78, 5) is 0. The van der Waals surface area contributed by atoms with Gasteiger partial charge in [-0.05, 0) is 6.42 Å². The lowest BCUT2D eigenvalue weighted by molar-refractivity contribution is -0.677. The molecule has 7 heteroatoms. The van der Waals surface area contributed by atoms with Crippen molar-refractivity contribution < 1.29 is 21.7 Å². The number of hydrogen-bond acceptors (Lipinski definition) is 4. The summed E-state index contributed by atoms with van der Waals surface area (Å²) < 4.78 is 35.5. The van der Waals surface area contributed by atoms with Gasteiger partial charge in [0.2, 0.25) is 10.4 Å². The molecule has 0 saturated heterocycles. The first-order valence-corrected chi connectivity index (χ1v) is 6.68. The Morgan fingerprint density at radius 2 is 2.06 bits per heavy atom. The molecule has 1 aromatic rings. The van der Waals surface area contributed by atoms with Crippen LogP contribution >= 0.6 is 0 Å². The molecule has 1 aromatic heterocycles. The van der Waals surface area contributed by atoms with Crippen molar-refractivity contribution in [3.63, 3.8) is 0 Å². The van der Waals surface area contributed by atoms with Crippen LogP contribution in [-0.4, -0.2) is 24.6 Å². The van der Waals surface area contributed by atoms with E-state index < -0.39 is 10.4 Å². The first kappa shape index (κ1) is 16.1. The van der Waals surface area contributed by atoms with Crippen LogP contribution in [0.25, 0.3) is 0 Å². The summed E-state index contributed by atoms with van der Waals surface area (Å²) in [7, 11) is -1.52. The normalized spacial score (nSPS) is 10.9. The van der Waals surface area contributed by atoms with Crippen molar-refractivity contribution in [1.29, 1.82) is 0 Å². The number of rotatable bonds is 4. The van der Waals surface area contributed by atoms with Gasteiger partial charge in [-0.15, -0.1) is 0 Å². The molecule has 100 valence electrons. The minimum Gasteiger partial charge on any atom is -0.726 e. The fourth-order valence-corrected chi connectivity index (χ4v) is 1.16. The van der Waals surface area contributed by atoms with Gasteiger partial charge in [-0.2, -0.15) is 0 Å². The predicted octanol–water partition coefficient (Wildman–Crippen LogP) is 0.514. The molecular formula is C10H20N2O4S. The van der Waals surface area contributed by atoms with Crippen molar-refractivity contribution in [3.05, 3.63) is 18.2 Å². The second kappa shape index (κ2) is 7.41. The number of imidazole rings is 1. The highest BCUT2D eigenvalue weighted by Gasteiger charge is 2.06. The average Bonchev–Trinajstić information content (AvgIpc) is 2.57. The van der Waals surface area contributed by atoms with Gasteiger partial charge in [0, 0.05) is 6.92 Å². The van der Waals surface area contributed by atoms with E-state index in [4.69, 9.17) is 0 Å². The molecule has 0 aliphatic carbocycles. The van der Waals surface area contributed by atoms with Gasteiger partial charge in [-0.25, -0.2) is 17.6 Å². The number of aryl methyl sites for hydroxylation is 2. The molecule has 0 bridgehead atoms. The monoisotopic (exact) mass is 264 g/mol. The van der Waals surface area contributed by atoms with E-state index in [1.165, 1.54) is 18.7 Å². The molecule has 1 rings (SSSR count). The fourth-order valence-electron chi connectivity index (χ4n) is 1.16. The van der Waals surface area contributed by atoms with Gasteiger partial charge in [0.15, 0.2) is 0 Å². The number of nitrogens with zero attached hydrogens (tertiary/aromatic N) is 2. The smallest absolute Gasteiger partial charge is 0.253 e. The van der Waals surface area contributed by atoms with E-state index in [9.17, 15) is 13.0 Å². The Kier molecular flexibility index (Phi) is 7.01. The van der Waals surface area contributed by atoms with Gasteiger partial charge < -0.3 is 4.55 Å². The Hall–Kier alpha value is -0.920. The molecule has 17 heavy (non-hydrogen) atoms. The van der Waals surface area contributed by atoms with Gasteiger partial charge in [0.25, 0.3) is 5.82 Å². The van der Waals surface area contributed by atoms with Crippen LogP contribution in [-0.2, 0) is 28.2 Å². The largest absolute Gasteiger partial charge is 0.726 e. The zero-order chi connectivity index (χ0) is 13.5. The van der Waals surface area contributed by atoms with Crippen LogP contribution in [0, 0.1) is 6.92 Å². The Balaban J connectivity index is 0.000000366. The van der Waals surface area contributed by atoms with Crippen molar-refractivity contribution in [2.75, 3.05) is 7.11 Å². The van der Waals surface area contributed by atoms with Crippen molar-refractivity contribution in [1.82, 2.24) is 4.57 Å². The first-order valence-electron chi connectivity index (χ1n) is 5.34. The molecule has 0 aliphatic heterocycles. The summed E-state index contributed by atoms with van der Waals surface area (Å²) in [6.07, 6.45) is 6.78. The topological polar surface area (TPSA) is 75.2 Å². The number of unbranched alkanes of at least 4 members (excludes halogenated alkanes) is 1. The first-order chi connectivity index (χ1) is 7.81. The lowest BCUT2D eigenvalue weighted by atomic mass is 10.3. The van der Waals surface area contributed by atoms with E-state index in [0.717, 1.165) is 13.7 Å². The molecule has 0 saturated carbocycles. The summed E-state index contributed by atoms with van der Waals surface area (Å²) in [6, 6.07) is 0. The third-order valence-electron chi connectivity index (χ3n) is 2.35. The van der Waals surface area contributed by atoms with Gasteiger partial charge in [0.05, 0.1) is 20.7 Å². The molecule has 0 aliphatic rings. The number of aromatic nitrogens is 2. The van der Waals surface area contributed by atoms with Gasteiger partial charge >= 0.3 is 0 Å². The standard InChI is InChI=1S/C9H17N2.CH4O4S/c1-4-5-6-11-8-7-10(3)9(11)2;1-5-6(2,3)4/h7-8H,4-6H2,1-3H3;1H3,(H,2,3,4)/q+1;/p-1. The summed E-state index contributed by atoms with van der Waals surface area (Å²) in [6.45, 7) is 5.53. The minimum atomic E-state index is -4.41. The zero-order valence-corrected chi connectivity index (χ0v) is 11.5. The van der Waals surface area contributed by atoms with Crippen molar-refractivity contribution >= 4 is 10.4 Å². The molecule has 0 N–H and O–H groups in total. The SMILES string of the molecule is CCCCn1cc[n+](C)c1C.COS(=O)(=O)[O-].